The van der Waals surface area contributed by atoms with Crippen molar-refractivity contribution in [3.63, 3.8) is 0 Å². The van der Waals surface area contributed by atoms with Crippen LogP contribution in [-0.2, 0) is 9.53 Å². The summed E-state index contributed by atoms with van der Waals surface area (Å²) >= 11 is 0. The summed E-state index contributed by atoms with van der Waals surface area (Å²) in [6.07, 6.45) is 2.48. The first-order valence-electron chi connectivity index (χ1n) is 5.80. The number of ether oxygens (including phenoxy) is 1. The first-order valence-corrected chi connectivity index (χ1v) is 5.80. The molecule has 1 heterocycles. The zero-order valence-electron chi connectivity index (χ0n) is 9.78. The van der Waals surface area contributed by atoms with Gasteiger partial charge in [-0.2, -0.15) is 0 Å². The Hall–Kier alpha value is -1.42. The zero-order valence-corrected chi connectivity index (χ0v) is 9.78. The molecule has 2 rings (SSSR count). The van der Waals surface area contributed by atoms with Gasteiger partial charge < -0.3 is 4.74 Å². The Bertz CT molecular complexity index is 408. The molecule has 1 aromatic rings. The Labute approximate surface area is 100.0 Å². The molecule has 1 aliphatic heterocycles. The number of halogens is 1. The van der Waals surface area contributed by atoms with E-state index < -0.39 is 0 Å². The van der Waals surface area contributed by atoms with Crippen LogP contribution in [0.5, 0.6) is 0 Å². The second kappa shape index (κ2) is 5.27. The minimum absolute atomic E-state index is 0.103. The van der Waals surface area contributed by atoms with Crippen molar-refractivity contribution >= 4 is 5.97 Å². The molecule has 0 aliphatic carbocycles. The molecule has 0 radical (unpaired) electrons. The molecule has 1 aromatic carbocycles. The van der Waals surface area contributed by atoms with Crippen molar-refractivity contribution in [3.05, 3.63) is 35.6 Å². The maximum absolute atomic E-state index is 13.6. The number of hydrogen-bond acceptors (Lipinski definition) is 3. The number of esters is 1. The third-order valence-corrected chi connectivity index (χ3v) is 3.15. The van der Waals surface area contributed by atoms with Crippen molar-refractivity contribution in [2.45, 2.75) is 31.3 Å². The largest absolute Gasteiger partial charge is 0.468 e. The molecule has 2 unspecified atom stereocenters. The molecule has 4 heteroatoms. The van der Waals surface area contributed by atoms with E-state index in [2.05, 4.69) is 5.32 Å². The molecular weight excluding hydrogens is 221 g/mol. The summed E-state index contributed by atoms with van der Waals surface area (Å²) in [6.45, 7) is 0. The second-order valence-corrected chi connectivity index (χ2v) is 4.25. The lowest BCUT2D eigenvalue weighted by Crippen LogP contribution is -2.43. The minimum Gasteiger partial charge on any atom is -0.468 e. The van der Waals surface area contributed by atoms with Crippen LogP contribution in [0.2, 0.25) is 0 Å². The van der Waals surface area contributed by atoms with E-state index >= 15 is 0 Å². The lowest BCUT2D eigenvalue weighted by Gasteiger charge is -2.29. The molecule has 0 amide bonds. The topological polar surface area (TPSA) is 38.3 Å². The van der Waals surface area contributed by atoms with Gasteiger partial charge in [0.1, 0.15) is 11.9 Å². The number of hydrogen-bond donors (Lipinski definition) is 1. The summed E-state index contributed by atoms with van der Waals surface area (Å²) < 4.78 is 18.3. The number of nitrogens with one attached hydrogen (secondary N) is 1. The summed E-state index contributed by atoms with van der Waals surface area (Å²) in [7, 11) is 1.37. The summed E-state index contributed by atoms with van der Waals surface area (Å²) in [5.74, 6) is -0.499. The molecule has 0 saturated carbocycles. The Morgan fingerprint density at radius 3 is 2.88 bits per heavy atom. The van der Waals surface area contributed by atoms with Gasteiger partial charge in [-0.25, -0.2) is 4.39 Å². The summed E-state index contributed by atoms with van der Waals surface area (Å²) in [5, 5.41) is 3.15. The number of methoxy groups -OCH3 is 1. The van der Waals surface area contributed by atoms with Gasteiger partial charge in [0.2, 0.25) is 0 Å². The third-order valence-electron chi connectivity index (χ3n) is 3.15. The van der Waals surface area contributed by atoms with Crippen LogP contribution >= 0.6 is 0 Å². The van der Waals surface area contributed by atoms with E-state index in [-0.39, 0.29) is 23.9 Å². The van der Waals surface area contributed by atoms with Gasteiger partial charge in [-0.15, -0.1) is 0 Å². The average Bonchev–Trinajstić information content (AvgIpc) is 2.38. The molecule has 1 saturated heterocycles. The maximum Gasteiger partial charge on any atom is 0.322 e. The van der Waals surface area contributed by atoms with E-state index in [1.54, 1.807) is 12.1 Å². The molecule has 92 valence electrons. The maximum atomic E-state index is 13.6. The Morgan fingerprint density at radius 1 is 1.41 bits per heavy atom. The first kappa shape index (κ1) is 12.0. The van der Waals surface area contributed by atoms with Crippen LogP contribution in [0.4, 0.5) is 4.39 Å². The molecule has 17 heavy (non-hydrogen) atoms. The molecule has 1 aliphatic rings. The highest BCUT2D eigenvalue weighted by Crippen LogP contribution is 2.27. The van der Waals surface area contributed by atoms with Gasteiger partial charge in [0, 0.05) is 11.6 Å². The lowest BCUT2D eigenvalue weighted by atomic mass is 9.93. The van der Waals surface area contributed by atoms with Gasteiger partial charge in [-0.1, -0.05) is 18.2 Å². The van der Waals surface area contributed by atoms with E-state index in [4.69, 9.17) is 4.74 Å². The van der Waals surface area contributed by atoms with Gasteiger partial charge in [0.25, 0.3) is 0 Å². The van der Waals surface area contributed by atoms with Crippen LogP contribution in [0.1, 0.15) is 30.9 Å². The fraction of sp³-hybridized carbons (Fsp3) is 0.462. The van der Waals surface area contributed by atoms with Crippen LogP contribution < -0.4 is 5.32 Å². The SMILES string of the molecule is COC(=O)C1CCCC(c2ccccc2F)N1. The summed E-state index contributed by atoms with van der Waals surface area (Å²) in [4.78, 5) is 11.5. The molecular formula is C13H16FNO2. The number of carbonyl (C=O) groups is 1. The van der Waals surface area contributed by atoms with Crippen LogP contribution in [0.25, 0.3) is 0 Å². The van der Waals surface area contributed by atoms with Crippen LogP contribution in [0.3, 0.4) is 0 Å². The minimum atomic E-state index is -0.321. The Morgan fingerprint density at radius 2 is 2.18 bits per heavy atom. The number of benzene rings is 1. The molecule has 0 aromatic heterocycles. The van der Waals surface area contributed by atoms with E-state index in [0.717, 1.165) is 19.3 Å². The number of rotatable bonds is 2. The number of carbonyl (C=O) groups excluding carboxylic acids is 1. The van der Waals surface area contributed by atoms with Gasteiger partial charge in [-0.3, -0.25) is 10.1 Å². The summed E-state index contributed by atoms with van der Waals surface area (Å²) in [5.41, 5.74) is 0.626. The van der Waals surface area contributed by atoms with Gasteiger partial charge >= 0.3 is 5.97 Å². The second-order valence-electron chi connectivity index (χ2n) is 4.25. The van der Waals surface area contributed by atoms with Crippen LogP contribution in [-0.4, -0.2) is 19.1 Å². The smallest absolute Gasteiger partial charge is 0.322 e. The van der Waals surface area contributed by atoms with Gasteiger partial charge in [-0.05, 0) is 25.3 Å². The van der Waals surface area contributed by atoms with E-state index in [1.807, 2.05) is 6.07 Å². The van der Waals surface area contributed by atoms with Crippen LogP contribution in [0, 0.1) is 5.82 Å². The summed E-state index contributed by atoms with van der Waals surface area (Å²) in [6, 6.07) is 6.25. The van der Waals surface area contributed by atoms with Gasteiger partial charge in [0.15, 0.2) is 0 Å². The Kier molecular flexibility index (Phi) is 3.74. The van der Waals surface area contributed by atoms with Crippen molar-refractivity contribution in [2.75, 3.05) is 7.11 Å². The van der Waals surface area contributed by atoms with E-state index in [9.17, 15) is 9.18 Å². The van der Waals surface area contributed by atoms with Crippen molar-refractivity contribution in [1.29, 1.82) is 0 Å². The fourth-order valence-electron chi connectivity index (χ4n) is 2.27. The monoisotopic (exact) mass is 237 g/mol. The standard InChI is InChI=1S/C13H16FNO2/c1-17-13(16)12-8-4-7-11(15-12)9-5-2-3-6-10(9)14/h2-3,5-6,11-12,15H,4,7-8H2,1H3. The normalized spacial score (nSPS) is 24.4. The molecule has 0 bridgehead atoms. The fourth-order valence-corrected chi connectivity index (χ4v) is 2.27. The third kappa shape index (κ3) is 2.64. The molecule has 1 N–H and O–H groups in total. The van der Waals surface area contributed by atoms with E-state index in [0.29, 0.717) is 5.56 Å². The van der Waals surface area contributed by atoms with Gasteiger partial charge in [0.05, 0.1) is 7.11 Å². The highest BCUT2D eigenvalue weighted by atomic mass is 19.1. The first-order chi connectivity index (χ1) is 8.22. The van der Waals surface area contributed by atoms with Crippen molar-refractivity contribution in [3.8, 4) is 0 Å². The average molecular weight is 237 g/mol. The zero-order chi connectivity index (χ0) is 12.3. The predicted molar refractivity (Wildman–Crippen MR) is 61.9 cm³/mol. The molecule has 0 spiro atoms. The van der Waals surface area contributed by atoms with Crippen molar-refractivity contribution in [1.82, 2.24) is 5.32 Å². The Balaban J connectivity index is 2.12. The number of piperidine rings is 1. The molecule has 3 nitrogen and oxygen atoms in total. The van der Waals surface area contributed by atoms with E-state index in [1.165, 1.54) is 13.2 Å². The molecule has 1 fully saturated rings. The quantitative estimate of drug-likeness (QED) is 0.801. The lowest BCUT2D eigenvalue weighted by molar-refractivity contribution is -0.144. The van der Waals surface area contributed by atoms with Crippen molar-refractivity contribution < 1.29 is 13.9 Å². The highest BCUT2D eigenvalue weighted by molar-refractivity contribution is 5.75. The van der Waals surface area contributed by atoms with Crippen LogP contribution in [0.15, 0.2) is 24.3 Å². The highest BCUT2D eigenvalue weighted by Gasteiger charge is 2.28. The molecule has 2 atom stereocenters. The van der Waals surface area contributed by atoms with Crippen molar-refractivity contribution in [2.24, 2.45) is 0 Å². The predicted octanol–water partition coefficient (Wildman–Crippen LogP) is 2.18.